The molecular weight excluding hydrogens is 264 g/mol. The fraction of sp³-hybridized carbons (Fsp3) is 0.231. The third-order valence-corrected chi connectivity index (χ3v) is 2.91. The number of carbonyl (C=O) groups is 4. The number of amides is 3. The number of imide groups is 1. The fourth-order valence-corrected chi connectivity index (χ4v) is 1.93. The lowest BCUT2D eigenvalue weighted by Gasteiger charge is -2.20. The molecule has 2 N–H and O–H groups in total. The summed E-state index contributed by atoms with van der Waals surface area (Å²) in [6.45, 7) is 0.761. The average Bonchev–Trinajstić information content (AvgIpc) is 2.68. The number of hydrogen-bond donors (Lipinski definition) is 1. The zero-order valence-corrected chi connectivity index (χ0v) is 10.7. The SMILES string of the molecule is CC(C(=O)OCC(N)=O)N1C(=O)c2ccccc2C1=O. The number of nitrogens with zero attached hydrogens (tertiary/aromatic N) is 1. The molecule has 104 valence electrons. The van der Waals surface area contributed by atoms with Gasteiger partial charge in [-0.1, -0.05) is 12.1 Å². The van der Waals surface area contributed by atoms with E-state index < -0.39 is 36.3 Å². The smallest absolute Gasteiger partial charge is 0.329 e. The third kappa shape index (κ3) is 2.25. The van der Waals surface area contributed by atoms with E-state index in [0.29, 0.717) is 0 Å². The molecule has 0 fully saturated rings. The minimum atomic E-state index is -1.12. The van der Waals surface area contributed by atoms with E-state index in [2.05, 4.69) is 4.74 Å². The molecule has 1 aliphatic rings. The molecule has 3 amide bonds. The van der Waals surface area contributed by atoms with Crippen molar-refractivity contribution in [1.82, 2.24) is 4.90 Å². The molecule has 1 atom stereocenters. The highest BCUT2D eigenvalue weighted by molar-refractivity contribution is 6.22. The molecule has 1 aromatic carbocycles. The topological polar surface area (TPSA) is 107 Å². The minimum Gasteiger partial charge on any atom is -0.454 e. The van der Waals surface area contributed by atoms with Crippen molar-refractivity contribution in [2.75, 3.05) is 6.61 Å². The highest BCUT2D eigenvalue weighted by Gasteiger charge is 2.41. The Morgan fingerprint density at radius 3 is 2.15 bits per heavy atom. The molecule has 7 nitrogen and oxygen atoms in total. The van der Waals surface area contributed by atoms with Crippen LogP contribution in [0.15, 0.2) is 24.3 Å². The highest BCUT2D eigenvalue weighted by Crippen LogP contribution is 2.24. The molecule has 1 aromatic rings. The van der Waals surface area contributed by atoms with Gasteiger partial charge in [0.05, 0.1) is 11.1 Å². The Hall–Kier alpha value is -2.70. The largest absolute Gasteiger partial charge is 0.454 e. The molecule has 20 heavy (non-hydrogen) atoms. The van der Waals surface area contributed by atoms with Crippen LogP contribution in [0.4, 0.5) is 0 Å². The molecular formula is C13H12N2O5. The summed E-state index contributed by atoms with van der Waals surface area (Å²) in [5.41, 5.74) is 5.34. The first kappa shape index (κ1) is 13.7. The van der Waals surface area contributed by atoms with Crippen LogP contribution in [0.25, 0.3) is 0 Å². The number of primary amides is 1. The molecule has 0 radical (unpaired) electrons. The number of hydrogen-bond acceptors (Lipinski definition) is 5. The van der Waals surface area contributed by atoms with E-state index >= 15 is 0 Å². The molecule has 1 aliphatic heterocycles. The molecule has 7 heteroatoms. The van der Waals surface area contributed by atoms with E-state index in [1.54, 1.807) is 12.1 Å². The second kappa shape index (κ2) is 5.12. The summed E-state index contributed by atoms with van der Waals surface area (Å²) < 4.78 is 4.61. The van der Waals surface area contributed by atoms with Gasteiger partial charge in [-0.05, 0) is 19.1 Å². The Balaban J connectivity index is 2.19. The van der Waals surface area contributed by atoms with Gasteiger partial charge in [0.25, 0.3) is 17.7 Å². The van der Waals surface area contributed by atoms with E-state index in [0.717, 1.165) is 4.90 Å². The average molecular weight is 276 g/mol. The van der Waals surface area contributed by atoms with Crippen molar-refractivity contribution in [3.05, 3.63) is 35.4 Å². The number of fused-ring (bicyclic) bond motifs is 1. The van der Waals surface area contributed by atoms with Crippen molar-refractivity contribution in [2.24, 2.45) is 5.73 Å². The van der Waals surface area contributed by atoms with Crippen molar-refractivity contribution < 1.29 is 23.9 Å². The molecule has 0 spiro atoms. The maximum atomic E-state index is 12.1. The molecule has 0 aromatic heterocycles. The van der Waals surface area contributed by atoms with Crippen LogP contribution in [0.2, 0.25) is 0 Å². The third-order valence-electron chi connectivity index (χ3n) is 2.91. The Labute approximate surface area is 114 Å². The Kier molecular flexibility index (Phi) is 3.51. The van der Waals surface area contributed by atoms with Crippen LogP contribution in [0.1, 0.15) is 27.6 Å². The monoisotopic (exact) mass is 276 g/mol. The molecule has 1 heterocycles. The standard InChI is InChI=1S/C13H12N2O5/c1-7(13(19)20-6-10(14)16)15-11(17)8-4-2-3-5-9(8)12(15)18/h2-5,7H,6H2,1H3,(H2,14,16). The van der Waals surface area contributed by atoms with E-state index in [1.807, 2.05) is 0 Å². The van der Waals surface area contributed by atoms with Gasteiger partial charge in [0.2, 0.25) is 0 Å². The molecule has 1 unspecified atom stereocenters. The quantitative estimate of drug-likeness (QED) is 0.600. The summed E-state index contributed by atoms with van der Waals surface area (Å²) in [6.07, 6.45) is 0. The van der Waals surface area contributed by atoms with Crippen LogP contribution in [-0.4, -0.2) is 41.2 Å². The van der Waals surface area contributed by atoms with Crippen molar-refractivity contribution in [3.63, 3.8) is 0 Å². The van der Waals surface area contributed by atoms with Gasteiger partial charge in [-0.2, -0.15) is 0 Å². The maximum absolute atomic E-state index is 12.1. The van der Waals surface area contributed by atoms with Crippen molar-refractivity contribution in [3.8, 4) is 0 Å². The number of carbonyl (C=O) groups excluding carboxylic acids is 4. The van der Waals surface area contributed by atoms with Crippen LogP contribution in [0, 0.1) is 0 Å². The van der Waals surface area contributed by atoms with Gasteiger partial charge in [0.1, 0.15) is 6.04 Å². The normalized spacial score (nSPS) is 14.9. The predicted octanol–water partition coefficient (Wildman–Crippen LogP) is -0.300. The zero-order chi connectivity index (χ0) is 14.9. The molecule has 0 bridgehead atoms. The van der Waals surface area contributed by atoms with E-state index in [9.17, 15) is 19.2 Å². The van der Waals surface area contributed by atoms with Crippen LogP contribution >= 0.6 is 0 Å². The Morgan fingerprint density at radius 1 is 1.20 bits per heavy atom. The van der Waals surface area contributed by atoms with Gasteiger partial charge < -0.3 is 10.5 Å². The van der Waals surface area contributed by atoms with Crippen LogP contribution in [0.3, 0.4) is 0 Å². The minimum absolute atomic E-state index is 0.243. The van der Waals surface area contributed by atoms with Gasteiger partial charge in [-0.15, -0.1) is 0 Å². The van der Waals surface area contributed by atoms with Crippen molar-refractivity contribution in [1.29, 1.82) is 0 Å². The van der Waals surface area contributed by atoms with Gasteiger partial charge in [0.15, 0.2) is 6.61 Å². The summed E-state index contributed by atoms with van der Waals surface area (Å²) in [5, 5.41) is 0. The number of esters is 1. The van der Waals surface area contributed by atoms with Crippen LogP contribution in [0.5, 0.6) is 0 Å². The lowest BCUT2D eigenvalue weighted by Crippen LogP contribution is -2.44. The lowest BCUT2D eigenvalue weighted by molar-refractivity contribution is -0.151. The molecule has 2 rings (SSSR count). The first-order valence-corrected chi connectivity index (χ1v) is 5.85. The first-order valence-electron chi connectivity index (χ1n) is 5.85. The number of nitrogens with two attached hydrogens (primary N) is 1. The first-order chi connectivity index (χ1) is 9.43. The van der Waals surface area contributed by atoms with E-state index in [1.165, 1.54) is 19.1 Å². The number of rotatable bonds is 4. The lowest BCUT2D eigenvalue weighted by atomic mass is 10.1. The number of ether oxygens (including phenoxy) is 1. The van der Waals surface area contributed by atoms with Crippen molar-refractivity contribution >= 4 is 23.7 Å². The Morgan fingerprint density at radius 2 is 1.70 bits per heavy atom. The predicted molar refractivity (Wildman–Crippen MR) is 66.6 cm³/mol. The second-order valence-electron chi connectivity index (χ2n) is 4.28. The molecule has 0 saturated carbocycles. The fourth-order valence-electron chi connectivity index (χ4n) is 1.93. The van der Waals surface area contributed by atoms with Gasteiger partial charge >= 0.3 is 5.97 Å². The maximum Gasteiger partial charge on any atom is 0.329 e. The zero-order valence-electron chi connectivity index (χ0n) is 10.7. The molecule has 0 saturated heterocycles. The van der Waals surface area contributed by atoms with E-state index in [-0.39, 0.29) is 11.1 Å². The second-order valence-corrected chi connectivity index (χ2v) is 4.28. The summed E-state index contributed by atoms with van der Waals surface area (Å²) in [6, 6.07) is 5.16. The summed E-state index contributed by atoms with van der Waals surface area (Å²) in [7, 11) is 0. The van der Waals surface area contributed by atoms with Gasteiger partial charge in [-0.25, -0.2) is 4.79 Å². The van der Waals surface area contributed by atoms with Crippen LogP contribution in [-0.2, 0) is 14.3 Å². The Bertz CT molecular complexity index is 576. The summed E-state index contributed by atoms with van der Waals surface area (Å²) >= 11 is 0. The van der Waals surface area contributed by atoms with Gasteiger partial charge in [-0.3, -0.25) is 19.3 Å². The highest BCUT2D eigenvalue weighted by atomic mass is 16.5. The van der Waals surface area contributed by atoms with E-state index in [4.69, 9.17) is 5.73 Å². The summed E-state index contributed by atoms with van der Waals surface area (Å²) in [4.78, 5) is 47.3. The molecule has 0 aliphatic carbocycles. The van der Waals surface area contributed by atoms with Crippen molar-refractivity contribution in [2.45, 2.75) is 13.0 Å². The number of benzene rings is 1. The van der Waals surface area contributed by atoms with Gasteiger partial charge in [0, 0.05) is 0 Å². The van der Waals surface area contributed by atoms with Crippen LogP contribution < -0.4 is 5.73 Å². The summed E-state index contributed by atoms with van der Waals surface area (Å²) in [5.74, 6) is -2.80.